The summed E-state index contributed by atoms with van der Waals surface area (Å²) in [5.41, 5.74) is 2.54. The summed E-state index contributed by atoms with van der Waals surface area (Å²) in [6.07, 6.45) is 3.50. The van der Waals surface area contributed by atoms with Gasteiger partial charge in [0.2, 0.25) is 0 Å². The molecule has 1 saturated heterocycles. The van der Waals surface area contributed by atoms with Gasteiger partial charge in [0.25, 0.3) is 0 Å². The minimum absolute atomic E-state index is 0.186. The Bertz CT molecular complexity index is 1180. The van der Waals surface area contributed by atoms with Crippen LogP contribution in [0, 0.1) is 17.7 Å². The number of carbonyl (C=O) groups is 1. The number of rotatable bonds is 10. The van der Waals surface area contributed by atoms with Crippen LogP contribution < -0.4 is 10.6 Å². The van der Waals surface area contributed by atoms with Crippen LogP contribution in [0.2, 0.25) is 0 Å². The molecule has 2 amide bonds. The average molecular weight is 524 g/mol. The lowest BCUT2D eigenvalue weighted by Gasteiger charge is -2.37. The smallest absolute Gasteiger partial charge is 0.319 e. The summed E-state index contributed by atoms with van der Waals surface area (Å²) in [5.74, 6) is 1.14. The Labute approximate surface area is 223 Å². The molecule has 3 aromatic rings. The number of aryl methyl sites for hydroxylation is 1. The molecule has 2 heterocycles. The van der Waals surface area contributed by atoms with Gasteiger partial charge in [0.15, 0.2) is 5.82 Å². The molecule has 38 heavy (non-hydrogen) atoms. The van der Waals surface area contributed by atoms with Gasteiger partial charge < -0.3 is 15.7 Å². The standard InChI is InChI=1S/C28H38FN7O2/c1-19(2)14-25(31-28(38)30-24-8-4-7-22(16-24)27-32-33-34-35(27)3)17-26(37)36-13-5-6-21(18-36)15-20-9-11-23(29)12-10-20/h4,7-12,16,19,21,25-26,37H,5-6,13-15,17-18H2,1-3H3,(H2,30,31,38)/t21-,25+,26+/m0/s1. The summed E-state index contributed by atoms with van der Waals surface area (Å²) in [4.78, 5) is 15.0. The van der Waals surface area contributed by atoms with Crippen molar-refractivity contribution in [2.75, 3.05) is 18.4 Å². The predicted molar refractivity (Wildman–Crippen MR) is 145 cm³/mol. The number of piperidine rings is 1. The molecule has 1 aliphatic heterocycles. The van der Waals surface area contributed by atoms with Gasteiger partial charge in [0.05, 0.1) is 0 Å². The Kier molecular flexibility index (Phi) is 9.41. The molecule has 1 fully saturated rings. The summed E-state index contributed by atoms with van der Waals surface area (Å²) in [6, 6.07) is 13.5. The fraction of sp³-hybridized carbons (Fsp3) is 0.500. The van der Waals surface area contributed by atoms with Gasteiger partial charge in [0, 0.05) is 43.9 Å². The van der Waals surface area contributed by atoms with E-state index in [0.717, 1.165) is 49.9 Å². The first-order valence-corrected chi connectivity index (χ1v) is 13.3. The number of tetrazole rings is 1. The number of amides is 2. The number of hydrogen-bond donors (Lipinski definition) is 3. The van der Waals surface area contributed by atoms with Crippen molar-refractivity contribution >= 4 is 11.7 Å². The number of anilines is 1. The molecule has 10 heteroatoms. The second-order valence-corrected chi connectivity index (χ2v) is 10.7. The summed E-state index contributed by atoms with van der Waals surface area (Å²) in [5, 5.41) is 28.7. The number of aliphatic hydroxyl groups is 1. The van der Waals surface area contributed by atoms with Gasteiger partial charge in [-0.15, -0.1) is 5.10 Å². The van der Waals surface area contributed by atoms with E-state index in [4.69, 9.17) is 0 Å². The number of hydrogen-bond acceptors (Lipinski definition) is 6. The summed E-state index contributed by atoms with van der Waals surface area (Å²) >= 11 is 0. The van der Waals surface area contributed by atoms with Gasteiger partial charge >= 0.3 is 6.03 Å². The molecule has 4 rings (SSSR count). The molecule has 0 saturated carbocycles. The van der Waals surface area contributed by atoms with Crippen LogP contribution in [0.4, 0.5) is 14.9 Å². The van der Waals surface area contributed by atoms with Crippen molar-refractivity contribution in [1.82, 2.24) is 30.4 Å². The molecule has 0 aliphatic carbocycles. The number of aromatic nitrogens is 4. The van der Waals surface area contributed by atoms with E-state index >= 15 is 0 Å². The summed E-state index contributed by atoms with van der Waals surface area (Å²) in [7, 11) is 1.76. The Morgan fingerprint density at radius 1 is 1.18 bits per heavy atom. The minimum Gasteiger partial charge on any atom is -0.378 e. The Morgan fingerprint density at radius 3 is 2.68 bits per heavy atom. The summed E-state index contributed by atoms with van der Waals surface area (Å²) in [6.45, 7) is 5.82. The Hall–Kier alpha value is -3.37. The highest BCUT2D eigenvalue weighted by atomic mass is 19.1. The third-order valence-electron chi connectivity index (χ3n) is 6.99. The lowest BCUT2D eigenvalue weighted by Crippen LogP contribution is -2.48. The zero-order valence-electron chi connectivity index (χ0n) is 22.3. The van der Waals surface area contributed by atoms with Crippen LogP contribution in [-0.2, 0) is 13.5 Å². The number of urea groups is 1. The van der Waals surface area contributed by atoms with Crippen molar-refractivity contribution in [2.24, 2.45) is 18.9 Å². The maximum atomic E-state index is 13.3. The summed E-state index contributed by atoms with van der Waals surface area (Å²) < 4.78 is 14.8. The highest BCUT2D eigenvalue weighted by Gasteiger charge is 2.27. The van der Waals surface area contributed by atoms with Crippen molar-refractivity contribution in [1.29, 1.82) is 0 Å². The van der Waals surface area contributed by atoms with Crippen LogP contribution in [0.5, 0.6) is 0 Å². The maximum absolute atomic E-state index is 13.3. The van der Waals surface area contributed by atoms with E-state index in [9.17, 15) is 14.3 Å². The van der Waals surface area contributed by atoms with Crippen LogP contribution in [0.3, 0.4) is 0 Å². The van der Waals surface area contributed by atoms with Crippen LogP contribution >= 0.6 is 0 Å². The Morgan fingerprint density at radius 2 is 1.97 bits per heavy atom. The van der Waals surface area contributed by atoms with E-state index in [1.165, 1.54) is 12.1 Å². The van der Waals surface area contributed by atoms with Crippen molar-refractivity contribution in [2.45, 2.75) is 58.2 Å². The molecule has 0 unspecified atom stereocenters. The first kappa shape index (κ1) is 27.7. The third kappa shape index (κ3) is 7.82. The van der Waals surface area contributed by atoms with Gasteiger partial charge in [-0.2, -0.15) is 0 Å². The number of nitrogens with zero attached hydrogens (tertiary/aromatic N) is 5. The lowest BCUT2D eigenvalue weighted by molar-refractivity contribution is -0.0325. The SMILES string of the molecule is CC(C)C[C@H](C[C@@H](O)N1CCC[C@@H](Cc2ccc(F)cc2)C1)NC(=O)Nc1cccc(-c2nnnn2C)c1. The van der Waals surface area contributed by atoms with Crippen LogP contribution in [0.1, 0.15) is 45.1 Å². The number of benzene rings is 2. The largest absolute Gasteiger partial charge is 0.378 e. The van der Waals surface area contributed by atoms with Gasteiger partial charge in [-0.1, -0.05) is 38.1 Å². The highest BCUT2D eigenvalue weighted by molar-refractivity contribution is 5.90. The fourth-order valence-electron chi connectivity index (χ4n) is 5.24. The molecular formula is C28H38FN7O2. The van der Waals surface area contributed by atoms with E-state index in [0.29, 0.717) is 29.8 Å². The number of aliphatic hydroxyl groups excluding tert-OH is 1. The van der Waals surface area contributed by atoms with Crippen LogP contribution in [-0.4, -0.2) is 61.6 Å². The predicted octanol–water partition coefficient (Wildman–Crippen LogP) is 4.22. The quantitative estimate of drug-likeness (QED) is 0.367. The zero-order valence-corrected chi connectivity index (χ0v) is 22.3. The van der Waals surface area contributed by atoms with Crippen molar-refractivity contribution in [3.63, 3.8) is 0 Å². The molecule has 1 aliphatic rings. The Balaban J connectivity index is 1.33. The first-order valence-electron chi connectivity index (χ1n) is 13.3. The van der Waals surface area contributed by atoms with E-state index in [1.54, 1.807) is 11.7 Å². The van der Waals surface area contributed by atoms with Gasteiger partial charge in [-0.05, 0) is 77.8 Å². The van der Waals surface area contributed by atoms with Crippen LogP contribution in [0.15, 0.2) is 48.5 Å². The van der Waals surface area contributed by atoms with Crippen molar-refractivity contribution < 1.29 is 14.3 Å². The number of carbonyl (C=O) groups excluding carboxylic acids is 1. The van der Waals surface area contributed by atoms with Gasteiger partial charge in [-0.3, -0.25) is 4.90 Å². The molecule has 0 bridgehead atoms. The van der Waals surface area contributed by atoms with Crippen molar-refractivity contribution in [3.8, 4) is 11.4 Å². The molecule has 2 aromatic carbocycles. The van der Waals surface area contributed by atoms with E-state index in [2.05, 4.69) is 44.9 Å². The normalized spacial score (nSPS) is 17.8. The molecule has 204 valence electrons. The topological polar surface area (TPSA) is 108 Å². The fourth-order valence-corrected chi connectivity index (χ4v) is 5.24. The third-order valence-corrected chi connectivity index (χ3v) is 6.99. The number of likely N-dealkylation sites (tertiary alicyclic amines) is 1. The molecule has 3 atom stereocenters. The van der Waals surface area contributed by atoms with E-state index in [1.807, 2.05) is 36.4 Å². The zero-order chi connectivity index (χ0) is 27.1. The molecule has 3 N–H and O–H groups in total. The van der Waals surface area contributed by atoms with Crippen molar-refractivity contribution in [3.05, 3.63) is 59.9 Å². The monoisotopic (exact) mass is 523 g/mol. The first-order chi connectivity index (χ1) is 18.3. The van der Waals surface area contributed by atoms with Gasteiger partial charge in [-0.25, -0.2) is 13.9 Å². The lowest BCUT2D eigenvalue weighted by atomic mass is 9.90. The average Bonchev–Trinajstić information content (AvgIpc) is 3.31. The minimum atomic E-state index is -0.651. The van der Waals surface area contributed by atoms with Crippen LogP contribution in [0.25, 0.3) is 11.4 Å². The molecular weight excluding hydrogens is 485 g/mol. The second kappa shape index (κ2) is 12.9. The molecule has 0 spiro atoms. The highest BCUT2D eigenvalue weighted by Crippen LogP contribution is 2.24. The number of nitrogens with one attached hydrogen (secondary N) is 2. The van der Waals surface area contributed by atoms with Gasteiger partial charge in [0.1, 0.15) is 12.0 Å². The van der Waals surface area contributed by atoms with E-state index < -0.39 is 6.23 Å². The van der Waals surface area contributed by atoms with E-state index in [-0.39, 0.29) is 17.9 Å². The molecule has 9 nitrogen and oxygen atoms in total. The molecule has 1 aromatic heterocycles. The molecule has 0 radical (unpaired) electrons. The number of halogens is 1. The second-order valence-electron chi connectivity index (χ2n) is 10.7. The maximum Gasteiger partial charge on any atom is 0.319 e.